The number of rotatable bonds is 9. The van der Waals surface area contributed by atoms with Crippen LogP contribution in [-0.4, -0.2) is 54.6 Å². The second kappa shape index (κ2) is 13.5. The molecule has 0 amide bonds. The van der Waals surface area contributed by atoms with E-state index in [0.29, 0.717) is 6.04 Å². The van der Waals surface area contributed by atoms with Crippen LogP contribution >= 0.6 is 24.0 Å². The van der Waals surface area contributed by atoms with Gasteiger partial charge in [-0.25, -0.2) is 0 Å². The highest BCUT2D eigenvalue weighted by Gasteiger charge is 2.09. The summed E-state index contributed by atoms with van der Waals surface area (Å²) in [5.74, 6) is 0.887. The van der Waals surface area contributed by atoms with Crippen molar-refractivity contribution >= 4 is 29.9 Å². The maximum atomic E-state index is 4.69. The van der Waals surface area contributed by atoms with Gasteiger partial charge in [0, 0.05) is 37.4 Å². The number of nitrogens with zero attached hydrogens (tertiary/aromatic N) is 3. The van der Waals surface area contributed by atoms with Gasteiger partial charge in [0.25, 0.3) is 0 Å². The van der Waals surface area contributed by atoms with E-state index in [0.717, 1.165) is 50.8 Å². The number of nitrogens with one attached hydrogen (secondary N) is 2. The van der Waals surface area contributed by atoms with Crippen LogP contribution in [0.1, 0.15) is 33.4 Å². The summed E-state index contributed by atoms with van der Waals surface area (Å²) in [6.07, 6.45) is 2.73. The third-order valence-corrected chi connectivity index (χ3v) is 3.69. The zero-order chi connectivity index (χ0) is 16.2. The summed E-state index contributed by atoms with van der Waals surface area (Å²) in [6.45, 7) is 13.4. The first-order valence-electron chi connectivity index (χ1n) is 8.37. The molecule has 0 fully saturated rings. The second-order valence-corrected chi connectivity index (χ2v) is 5.29. The minimum absolute atomic E-state index is 0. The van der Waals surface area contributed by atoms with Crippen LogP contribution in [0.2, 0.25) is 0 Å². The number of guanidine groups is 1. The summed E-state index contributed by atoms with van der Waals surface area (Å²) in [4.78, 5) is 11.4. The van der Waals surface area contributed by atoms with Crippen molar-refractivity contribution in [3.05, 3.63) is 30.1 Å². The molecule has 0 aliphatic heterocycles. The van der Waals surface area contributed by atoms with Crippen molar-refractivity contribution in [2.75, 3.05) is 32.7 Å². The van der Waals surface area contributed by atoms with Crippen LogP contribution in [0.25, 0.3) is 0 Å². The fraction of sp³-hybridized carbons (Fsp3) is 0.647. The Labute approximate surface area is 158 Å². The Morgan fingerprint density at radius 2 is 1.96 bits per heavy atom. The first-order chi connectivity index (χ1) is 10.7. The zero-order valence-electron chi connectivity index (χ0n) is 14.9. The SMILES string of the molecule is CCNC(=NCC(C)N(CC)CC)NCCc1ccccn1.I. The smallest absolute Gasteiger partial charge is 0.191 e. The monoisotopic (exact) mass is 433 g/mol. The van der Waals surface area contributed by atoms with E-state index in [4.69, 9.17) is 4.99 Å². The molecule has 23 heavy (non-hydrogen) atoms. The third kappa shape index (κ3) is 9.10. The highest BCUT2D eigenvalue weighted by Crippen LogP contribution is 1.98. The molecule has 1 unspecified atom stereocenters. The standard InChI is InChI=1S/C17H31N5.HI/c1-5-18-17(21-14-15(4)22(6-2)7-3)20-13-11-16-10-8-9-12-19-16;/h8-10,12,15H,5-7,11,13-14H2,1-4H3,(H2,18,20,21);1H. The van der Waals surface area contributed by atoms with E-state index in [1.807, 2.05) is 24.4 Å². The van der Waals surface area contributed by atoms with E-state index in [9.17, 15) is 0 Å². The largest absolute Gasteiger partial charge is 0.357 e. The number of aliphatic imine (C=N–C) groups is 1. The van der Waals surface area contributed by atoms with E-state index >= 15 is 0 Å². The number of aromatic nitrogens is 1. The lowest BCUT2D eigenvalue weighted by Crippen LogP contribution is -2.40. The van der Waals surface area contributed by atoms with Crippen molar-refractivity contribution in [2.24, 2.45) is 4.99 Å². The average Bonchev–Trinajstić information content (AvgIpc) is 2.54. The van der Waals surface area contributed by atoms with E-state index in [2.05, 4.69) is 48.2 Å². The molecule has 1 aromatic rings. The molecule has 0 aliphatic carbocycles. The molecule has 6 heteroatoms. The van der Waals surface area contributed by atoms with Crippen LogP contribution in [0, 0.1) is 0 Å². The van der Waals surface area contributed by atoms with Crippen molar-refractivity contribution in [1.29, 1.82) is 0 Å². The minimum Gasteiger partial charge on any atom is -0.357 e. The highest BCUT2D eigenvalue weighted by molar-refractivity contribution is 14.0. The van der Waals surface area contributed by atoms with Crippen LogP contribution in [-0.2, 0) is 6.42 Å². The first kappa shape index (κ1) is 22.1. The molecule has 0 aromatic carbocycles. The second-order valence-electron chi connectivity index (χ2n) is 5.29. The Kier molecular flexibility index (Phi) is 13.0. The van der Waals surface area contributed by atoms with Crippen molar-refractivity contribution in [3.8, 4) is 0 Å². The molecule has 0 spiro atoms. The molecule has 0 bridgehead atoms. The van der Waals surface area contributed by atoms with Gasteiger partial charge in [0.2, 0.25) is 0 Å². The van der Waals surface area contributed by atoms with Gasteiger partial charge >= 0.3 is 0 Å². The molecule has 5 nitrogen and oxygen atoms in total. The molecule has 1 rings (SSSR count). The number of likely N-dealkylation sites (N-methyl/N-ethyl adjacent to an activating group) is 1. The van der Waals surface area contributed by atoms with E-state index < -0.39 is 0 Å². The maximum Gasteiger partial charge on any atom is 0.191 e. The zero-order valence-corrected chi connectivity index (χ0v) is 17.2. The summed E-state index contributed by atoms with van der Waals surface area (Å²) in [5, 5.41) is 6.68. The Hall–Kier alpha value is -0.890. The number of halogens is 1. The van der Waals surface area contributed by atoms with Crippen LogP contribution < -0.4 is 10.6 Å². The molecule has 0 aliphatic rings. The molecule has 0 saturated carbocycles. The molecular weight excluding hydrogens is 401 g/mol. The molecule has 2 N–H and O–H groups in total. The molecule has 1 aromatic heterocycles. The van der Waals surface area contributed by atoms with Crippen molar-refractivity contribution < 1.29 is 0 Å². The van der Waals surface area contributed by atoms with Crippen molar-refractivity contribution in [2.45, 2.75) is 40.2 Å². The van der Waals surface area contributed by atoms with E-state index in [-0.39, 0.29) is 24.0 Å². The maximum absolute atomic E-state index is 4.69. The van der Waals surface area contributed by atoms with Crippen LogP contribution in [0.15, 0.2) is 29.4 Å². The van der Waals surface area contributed by atoms with Gasteiger partial charge in [-0.2, -0.15) is 0 Å². The van der Waals surface area contributed by atoms with Gasteiger partial charge in [-0.3, -0.25) is 14.9 Å². The lowest BCUT2D eigenvalue weighted by atomic mass is 10.3. The summed E-state index contributed by atoms with van der Waals surface area (Å²) in [7, 11) is 0. The van der Waals surface area contributed by atoms with E-state index in [1.165, 1.54) is 0 Å². The Morgan fingerprint density at radius 1 is 1.22 bits per heavy atom. The fourth-order valence-electron chi connectivity index (χ4n) is 2.38. The number of hydrogen-bond acceptors (Lipinski definition) is 3. The topological polar surface area (TPSA) is 52.6 Å². The lowest BCUT2D eigenvalue weighted by Gasteiger charge is -2.25. The van der Waals surface area contributed by atoms with Crippen molar-refractivity contribution in [3.63, 3.8) is 0 Å². The molecule has 0 radical (unpaired) electrons. The highest BCUT2D eigenvalue weighted by atomic mass is 127. The molecule has 1 heterocycles. The normalized spacial score (nSPS) is 12.7. The summed E-state index contributed by atoms with van der Waals surface area (Å²) < 4.78 is 0. The van der Waals surface area contributed by atoms with Gasteiger partial charge < -0.3 is 10.6 Å². The molecular formula is C17H32IN5. The molecule has 1 atom stereocenters. The predicted molar refractivity (Wildman–Crippen MR) is 110 cm³/mol. The Balaban J connectivity index is 0.00000484. The van der Waals surface area contributed by atoms with Gasteiger partial charge in [-0.15, -0.1) is 24.0 Å². The number of pyridine rings is 1. The Morgan fingerprint density at radius 3 is 2.52 bits per heavy atom. The van der Waals surface area contributed by atoms with E-state index in [1.54, 1.807) is 0 Å². The predicted octanol–water partition coefficient (Wildman–Crippen LogP) is 2.53. The minimum atomic E-state index is 0. The fourth-order valence-corrected chi connectivity index (χ4v) is 2.38. The van der Waals surface area contributed by atoms with Gasteiger partial charge in [0.05, 0.1) is 6.54 Å². The molecule has 132 valence electrons. The third-order valence-electron chi connectivity index (χ3n) is 3.69. The summed E-state index contributed by atoms with van der Waals surface area (Å²) in [6, 6.07) is 6.47. The average molecular weight is 433 g/mol. The lowest BCUT2D eigenvalue weighted by molar-refractivity contribution is 0.237. The van der Waals surface area contributed by atoms with Crippen molar-refractivity contribution in [1.82, 2.24) is 20.5 Å². The van der Waals surface area contributed by atoms with Crippen LogP contribution in [0.5, 0.6) is 0 Å². The first-order valence-corrected chi connectivity index (χ1v) is 8.37. The quantitative estimate of drug-likeness (QED) is 0.357. The van der Waals surface area contributed by atoms with Gasteiger partial charge in [-0.05, 0) is 39.1 Å². The van der Waals surface area contributed by atoms with Gasteiger partial charge in [-0.1, -0.05) is 19.9 Å². The van der Waals surface area contributed by atoms with Crippen LogP contribution in [0.3, 0.4) is 0 Å². The summed E-state index contributed by atoms with van der Waals surface area (Å²) >= 11 is 0. The summed E-state index contributed by atoms with van der Waals surface area (Å²) in [5.41, 5.74) is 1.10. The molecule has 0 saturated heterocycles. The van der Waals surface area contributed by atoms with Gasteiger partial charge in [0.15, 0.2) is 5.96 Å². The number of hydrogen-bond donors (Lipinski definition) is 2. The van der Waals surface area contributed by atoms with Crippen LogP contribution in [0.4, 0.5) is 0 Å². The van der Waals surface area contributed by atoms with Gasteiger partial charge in [0.1, 0.15) is 0 Å². The Bertz CT molecular complexity index is 420.